The number of nitrogens with zero attached hydrogens (tertiary/aromatic N) is 4. The molecule has 0 N–H and O–H groups in total. The molecule has 0 aliphatic carbocycles. The number of benzene rings is 2. The third-order valence-corrected chi connectivity index (χ3v) is 5.09. The largest absolute Gasteiger partial charge is 0.234 e. The topological polar surface area (TPSA) is 43.1 Å². The molecule has 2 heterocycles. The van der Waals surface area contributed by atoms with E-state index in [0.717, 1.165) is 22.2 Å². The summed E-state index contributed by atoms with van der Waals surface area (Å²) in [7, 11) is 0. The fourth-order valence-electron chi connectivity index (χ4n) is 2.66. The van der Waals surface area contributed by atoms with E-state index < -0.39 is 0 Å². The molecule has 0 aliphatic heterocycles. The third kappa shape index (κ3) is 3.37. The van der Waals surface area contributed by atoms with E-state index in [1.54, 1.807) is 11.3 Å². The lowest BCUT2D eigenvalue weighted by molar-refractivity contribution is 0.848. The molecule has 5 heteroatoms. The SMILES string of the molecule is Cc1ccc(C=Cc2nn3c(Cc4ccccc4)nnc3s2)cc1C. The molecule has 0 aliphatic rings. The van der Waals surface area contributed by atoms with E-state index in [1.807, 2.05) is 28.8 Å². The first kappa shape index (κ1) is 15.7. The molecule has 0 radical (unpaired) electrons. The van der Waals surface area contributed by atoms with Crippen molar-refractivity contribution in [3.05, 3.63) is 81.6 Å². The number of hydrogen-bond donors (Lipinski definition) is 0. The Hall–Kier alpha value is -2.79. The molecule has 0 fully saturated rings. The van der Waals surface area contributed by atoms with E-state index in [0.29, 0.717) is 0 Å². The van der Waals surface area contributed by atoms with Gasteiger partial charge in [-0.3, -0.25) is 0 Å². The number of rotatable bonds is 4. The van der Waals surface area contributed by atoms with Crippen molar-refractivity contribution in [3.8, 4) is 0 Å². The normalized spacial score (nSPS) is 11.6. The van der Waals surface area contributed by atoms with Crippen molar-refractivity contribution in [3.63, 3.8) is 0 Å². The molecule has 4 aromatic rings. The van der Waals surface area contributed by atoms with Gasteiger partial charge in [0, 0.05) is 6.42 Å². The van der Waals surface area contributed by atoms with Crippen LogP contribution in [0, 0.1) is 13.8 Å². The quantitative estimate of drug-likeness (QED) is 0.544. The molecule has 25 heavy (non-hydrogen) atoms. The van der Waals surface area contributed by atoms with Gasteiger partial charge in [0.15, 0.2) is 5.82 Å². The minimum Gasteiger partial charge on any atom is -0.187 e. The van der Waals surface area contributed by atoms with Gasteiger partial charge >= 0.3 is 0 Å². The Labute approximate surface area is 150 Å². The van der Waals surface area contributed by atoms with Gasteiger partial charge < -0.3 is 0 Å². The molecule has 0 amide bonds. The van der Waals surface area contributed by atoms with Crippen molar-refractivity contribution in [2.45, 2.75) is 20.3 Å². The molecule has 0 atom stereocenters. The molecule has 0 bridgehead atoms. The molecular formula is C20H18N4S. The van der Waals surface area contributed by atoms with Crippen LogP contribution in [0.15, 0.2) is 48.5 Å². The summed E-state index contributed by atoms with van der Waals surface area (Å²) < 4.78 is 1.84. The van der Waals surface area contributed by atoms with E-state index >= 15 is 0 Å². The summed E-state index contributed by atoms with van der Waals surface area (Å²) in [5, 5.41) is 14.1. The minimum atomic E-state index is 0.728. The lowest BCUT2D eigenvalue weighted by atomic mass is 10.1. The van der Waals surface area contributed by atoms with Crippen molar-refractivity contribution in [1.82, 2.24) is 19.8 Å². The van der Waals surface area contributed by atoms with Gasteiger partial charge in [0.2, 0.25) is 4.96 Å². The highest BCUT2D eigenvalue weighted by molar-refractivity contribution is 7.17. The molecule has 2 aromatic carbocycles. The first-order valence-electron chi connectivity index (χ1n) is 8.19. The van der Waals surface area contributed by atoms with Crippen LogP contribution in [0.4, 0.5) is 0 Å². The molecule has 0 saturated heterocycles. The van der Waals surface area contributed by atoms with Gasteiger partial charge in [-0.15, -0.1) is 10.2 Å². The van der Waals surface area contributed by atoms with Crippen LogP contribution in [-0.4, -0.2) is 19.8 Å². The number of aromatic nitrogens is 4. The molecule has 4 nitrogen and oxygen atoms in total. The van der Waals surface area contributed by atoms with Gasteiger partial charge in [-0.05, 0) is 42.2 Å². The Morgan fingerprint density at radius 3 is 2.60 bits per heavy atom. The summed E-state index contributed by atoms with van der Waals surface area (Å²) in [4.78, 5) is 0.825. The second-order valence-corrected chi connectivity index (χ2v) is 7.08. The van der Waals surface area contributed by atoms with Gasteiger partial charge in [-0.1, -0.05) is 65.9 Å². The Morgan fingerprint density at radius 1 is 0.960 bits per heavy atom. The molecule has 0 unspecified atom stereocenters. The maximum absolute atomic E-state index is 4.65. The van der Waals surface area contributed by atoms with E-state index in [4.69, 9.17) is 0 Å². The summed E-state index contributed by atoms with van der Waals surface area (Å²) in [6.45, 7) is 4.26. The summed E-state index contributed by atoms with van der Waals surface area (Å²) in [6.07, 6.45) is 4.86. The second kappa shape index (κ2) is 6.61. The van der Waals surface area contributed by atoms with Crippen molar-refractivity contribution >= 4 is 28.4 Å². The highest BCUT2D eigenvalue weighted by Crippen LogP contribution is 2.19. The number of aryl methyl sites for hydroxylation is 2. The van der Waals surface area contributed by atoms with Crippen LogP contribution in [0.2, 0.25) is 0 Å². The van der Waals surface area contributed by atoms with Crippen LogP contribution in [-0.2, 0) is 6.42 Å². The van der Waals surface area contributed by atoms with Crippen LogP contribution in [0.1, 0.15) is 33.1 Å². The predicted molar refractivity (Wildman–Crippen MR) is 103 cm³/mol. The molecule has 4 rings (SSSR count). The van der Waals surface area contributed by atoms with Gasteiger partial charge in [-0.2, -0.15) is 9.61 Å². The van der Waals surface area contributed by atoms with Crippen molar-refractivity contribution in [1.29, 1.82) is 0 Å². The maximum atomic E-state index is 4.65. The summed E-state index contributed by atoms with van der Waals surface area (Å²) in [5.41, 5.74) is 4.99. The standard InChI is InChI=1S/C20H18N4S/c1-14-8-9-17(12-15(14)2)10-11-19-23-24-18(21-22-20(24)25-19)13-16-6-4-3-5-7-16/h3-12H,13H2,1-2H3. The van der Waals surface area contributed by atoms with E-state index in [1.165, 1.54) is 22.3 Å². The fraction of sp³-hybridized carbons (Fsp3) is 0.150. The zero-order chi connectivity index (χ0) is 17.2. The summed E-state index contributed by atoms with van der Waals surface area (Å²) in [6, 6.07) is 16.7. The number of fused-ring (bicyclic) bond motifs is 1. The zero-order valence-electron chi connectivity index (χ0n) is 14.2. The van der Waals surface area contributed by atoms with E-state index in [-0.39, 0.29) is 0 Å². The first-order valence-corrected chi connectivity index (χ1v) is 9.01. The van der Waals surface area contributed by atoms with Gasteiger partial charge in [0.25, 0.3) is 0 Å². The predicted octanol–water partition coefficient (Wildman–Crippen LogP) is 4.56. The summed E-state index contributed by atoms with van der Waals surface area (Å²) in [5.74, 6) is 0.864. The molecule has 2 aromatic heterocycles. The summed E-state index contributed by atoms with van der Waals surface area (Å²) >= 11 is 1.55. The first-order chi connectivity index (χ1) is 12.2. The highest BCUT2D eigenvalue weighted by atomic mass is 32.1. The monoisotopic (exact) mass is 346 g/mol. The van der Waals surface area contributed by atoms with Crippen molar-refractivity contribution in [2.24, 2.45) is 0 Å². The molecule has 0 saturated carbocycles. The van der Waals surface area contributed by atoms with Crippen LogP contribution in [0.5, 0.6) is 0 Å². The zero-order valence-corrected chi connectivity index (χ0v) is 15.0. The highest BCUT2D eigenvalue weighted by Gasteiger charge is 2.10. The van der Waals surface area contributed by atoms with Crippen LogP contribution >= 0.6 is 11.3 Å². The van der Waals surface area contributed by atoms with Gasteiger partial charge in [-0.25, -0.2) is 0 Å². The van der Waals surface area contributed by atoms with E-state index in [2.05, 4.69) is 65.6 Å². The maximum Gasteiger partial charge on any atom is 0.234 e. The van der Waals surface area contributed by atoms with Crippen molar-refractivity contribution in [2.75, 3.05) is 0 Å². The fourth-order valence-corrected chi connectivity index (χ4v) is 3.42. The lowest BCUT2D eigenvalue weighted by Gasteiger charge is -2.00. The Balaban J connectivity index is 1.59. The van der Waals surface area contributed by atoms with Gasteiger partial charge in [0.1, 0.15) is 5.01 Å². The Bertz CT molecular complexity index is 1040. The molecule has 0 spiro atoms. The lowest BCUT2D eigenvalue weighted by Crippen LogP contribution is -1.97. The average Bonchev–Trinajstić information content (AvgIpc) is 3.18. The van der Waals surface area contributed by atoms with Gasteiger partial charge in [0.05, 0.1) is 0 Å². The Kier molecular flexibility index (Phi) is 4.15. The van der Waals surface area contributed by atoms with E-state index in [9.17, 15) is 0 Å². The second-order valence-electron chi connectivity index (χ2n) is 6.09. The number of hydrogen-bond acceptors (Lipinski definition) is 4. The van der Waals surface area contributed by atoms with Crippen LogP contribution < -0.4 is 0 Å². The average molecular weight is 346 g/mol. The smallest absolute Gasteiger partial charge is 0.187 e. The third-order valence-electron chi connectivity index (χ3n) is 4.23. The molecular weight excluding hydrogens is 328 g/mol. The van der Waals surface area contributed by atoms with Crippen molar-refractivity contribution < 1.29 is 0 Å². The molecule has 124 valence electrons. The van der Waals surface area contributed by atoms with Crippen LogP contribution in [0.3, 0.4) is 0 Å². The minimum absolute atomic E-state index is 0.728. The van der Waals surface area contributed by atoms with Crippen LogP contribution in [0.25, 0.3) is 17.1 Å². The Morgan fingerprint density at radius 2 is 1.80 bits per heavy atom.